The van der Waals surface area contributed by atoms with Crippen molar-refractivity contribution in [3.05, 3.63) is 24.3 Å². The Kier molecular flexibility index (Phi) is 7.51. The van der Waals surface area contributed by atoms with Crippen LogP contribution in [0, 0.1) is 0 Å². The molecule has 0 radical (unpaired) electrons. The van der Waals surface area contributed by atoms with E-state index >= 15 is 0 Å². The highest BCUT2D eigenvalue weighted by atomic mass is 16.5. The summed E-state index contributed by atoms with van der Waals surface area (Å²) in [5, 5.41) is 8.85. The van der Waals surface area contributed by atoms with E-state index in [1.807, 2.05) is 24.3 Å². The highest BCUT2D eigenvalue weighted by Gasteiger charge is 2.10. The molecular formula is C17H26N4O3. The van der Waals surface area contributed by atoms with Crippen molar-refractivity contribution in [3.63, 3.8) is 0 Å². The molecule has 7 nitrogen and oxygen atoms in total. The Morgan fingerprint density at radius 3 is 2.42 bits per heavy atom. The zero-order valence-corrected chi connectivity index (χ0v) is 14.1. The highest BCUT2D eigenvalue weighted by Crippen LogP contribution is 2.13. The van der Waals surface area contributed by atoms with Crippen LogP contribution in [0.2, 0.25) is 0 Å². The maximum absolute atomic E-state index is 11.8. The molecule has 2 amide bonds. The number of hydrogen-bond acceptors (Lipinski definition) is 5. The number of benzene rings is 1. The summed E-state index contributed by atoms with van der Waals surface area (Å²) in [4.78, 5) is 25.1. The lowest BCUT2D eigenvalue weighted by Crippen LogP contribution is -2.41. The van der Waals surface area contributed by atoms with Gasteiger partial charge in [-0.3, -0.25) is 14.5 Å². The van der Waals surface area contributed by atoms with Gasteiger partial charge in [-0.15, -0.1) is 0 Å². The quantitative estimate of drug-likeness (QED) is 0.658. The number of nitrogens with one attached hydrogen (secondary N) is 3. The number of nitrogens with zero attached hydrogens (tertiary/aromatic N) is 1. The molecule has 0 spiro atoms. The van der Waals surface area contributed by atoms with E-state index < -0.39 is 0 Å². The standard InChI is InChI=1S/C17H26N4O3/c1-14(22)20-16-4-2-15(3-5-16)18-7-6-17(23)19-8-9-21-10-12-24-13-11-21/h2-5,18H,6-13H2,1H3,(H,19,23)(H,20,22). The molecule has 2 rings (SSSR count). The van der Waals surface area contributed by atoms with E-state index in [2.05, 4.69) is 20.9 Å². The number of rotatable bonds is 8. The van der Waals surface area contributed by atoms with Gasteiger partial charge >= 0.3 is 0 Å². The van der Waals surface area contributed by atoms with Crippen LogP contribution in [0.25, 0.3) is 0 Å². The van der Waals surface area contributed by atoms with Crippen LogP contribution in [-0.4, -0.2) is 62.7 Å². The zero-order chi connectivity index (χ0) is 17.2. The molecule has 1 aromatic carbocycles. The van der Waals surface area contributed by atoms with E-state index in [0.717, 1.165) is 44.2 Å². The first-order chi connectivity index (χ1) is 11.6. The molecule has 0 unspecified atom stereocenters. The molecule has 0 aromatic heterocycles. The van der Waals surface area contributed by atoms with Gasteiger partial charge in [0.2, 0.25) is 11.8 Å². The topological polar surface area (TPSA) is 82.7 Å². The van der Waals surface area contributed by atoms with Gasteiger partial charge in [-0.05, 0) is 24.3 Å². The minimum atomic E-state index is -0.0931. The number of carbonyl (C=O) groups is 2. The first-order valence-electron chi connectivity index (χ1n) is 8.32. The van der Waals surface area contributed by atoms with Crippen LogP contribution in [0.3, 0.4) is 0 Å². The third-order valence-corrected chi connectivity index (χ3v) is 3.74. The van der Waals surface area contributed by atoms with Gasteiger partial charge in [-0.1, -0.05) is 0 Å². The van der Waals surface area contributed by atoms with Crippen molar-refractivity contribution in [2.75, 3.05) is 56.6 Å². The Morgan fingerprint density at radius 1 is 1.08 bits per heavy atom. The molecule has 7 heteroatoms. The summed E-state index contributed by atoms with van der Waals surface area (Å²) in [6, 6.07) is 7.40. The van der Waals surface area contributed by atoms with Crippen LogP contribution in [0.4, 0.5) is 11.4 Å². The van der Waals surface area contributed by atoms with Gasteiger partial charge in [0.05, 0.1) is 13.2 Å². The fourth-order valence-corrected chi connectivity index (χ4v) is 2.46. The van der Waals surface area contributed by atoms with E-state index in [9.17, 15) is 9.59 Å². The number of hydrogen-bond donors (Lipinski definition) is 3. The lowest BCUT2D eigenvalue weighted by molar-refractivity contribution is -0.121. The third kappa shape index (κ3) is 6.97. The Hall–Kier alpha value is -2.12. The van der Waals surface area contributed by atoms with E-state index in [0.29, 0.717) is 19.5 Å². The Labute approximate surface area is 142 Å². The largest absolute Gasteiger partial charge is 0.385 e. The lowest BCUT2D eigenvalue weighted by atomic mass is 10.2. The SMILES string of the molecule is CC(=O)Nc1ccc(NCCC(=O)NCCN2CCOCC2)cc1. The smallest absolute Gasteiger partial charge is 0.221 e. The van der Waals surface area contributed by atoms with Crippen LogP contribution >= 0.6 is 0 Å². The Balaban J connectivity index is 1.57. The van der Waals surface area contributed by atoms with Crippen molar-refractivity contribution in [2.45, 2.75) is 13.3 Å². The van der Waals surface area contributed by atoms with Gasteiger partial charge in [0.25, 0.3) is 0 Å². The Morgan fingerprint density at radius 2 is 1.75 bits per heavy atom. The molecule has 0 saturated carbocycles. The molecule has 0 aliphatic carbocycles. The van der Waals surface area contributed by atoms with E-state index in [4.69, 9.17) is 4.74 Å². The summed E-state index contributed by atoms with van der Waals surface area (Å²) in [5.74, 6) is -0.0462. The first-order valence-corrected chi connectivity index (χ1v) is 8.32. The molecule has 1 fully saturated rings. The summed E-state index contributed by atoms with van der Waals surface area (Å²) in [6.45, 7) is 7.01. The highest BCUT2D eigenvalue weighted by molar-refractivity contribution is 5.88. The maximum Gasteiger partial charge on any atom is 0.221 e. The van der Waals surface area contributed by atoms with Gasteiger partial charge < -0.3 is 20.7 Å². The zero-order valence-electron chi connectivity index (χ0n) is 14.1. The van der Waals surface area contributed by atoms with Crippen LogP contribution in [0.1, 0.15) is 13.3 Å². The van der Waals surface area contributed by atoms with Crippen LogP contribution in [0.5, 0.6) is 0 Å². The van der Waals surface area contributed by atoms with Crippen molar-refractivity contribution < 1.29 is 14.3 Å². The fraction of sp³-hybridized carbons (Fsp3) is 0.529. The van der Waals surface area contributed by atoms with E-state index in [1.54, 1.807) is 0 Å². The van der Waals surface area contributed by atoms with Crippen LogP contribution in [0.15, 0.2) is 24.3 Å². The predicted octanol–water partition coefficient (Wildman–Crippen LogP) is 0.895. The number of ether oxygens (including phenoxy) is 1. The summed E-state index contributed by atoms with van der Waals surface area (Å²) in [6.07, 6.45) is 0.427. The number of anilines is 2. The number of carbonyl (C=O) groups excluding carboxylic acids is 2. The molecule has 1 aliphatic heterocycles. The second kappa shape index (κ2) is 9.89. The average molecular weight is 334 g/mol. The molecule has 1 heterocycles. The van der Waals surface area contributed by atoms with Crippen LogP contribution in [-0.2, 0) is 14.3 Å². The molecule has 1 aliphatic rings. The molecule has 0 bridgehead atoms. The van der Waals surface area contributed by atoms with E-state index in [1.165, 1.54) is 6.92 Å². The van der Waals surface area contributed by atoms with Crippen molar-refractivity contribution in [3.8, 4) is 0 Å². The lowest BCUT2D eigenvalue weighted by Gasteiger charge is -2.26. The molecule has 132 valence electrons. The minimum absolute atomic E-state index is 0.0469. The van der Waals surface area contributed by atoms with Gasteiger partial charge in [0, 0.05) is 57.4 Å². The van der Waals surface area contributed by atoms with E-state index in [-0.39, 0.29) is 11.8 Å². The molecule has 24 heavy (non-hydrogen) atoms. The summed E-state index contributed by atoms with van der Waals surface area (Å²) >= 11 is 0. The van der Waals surface area contributed by atoms with Crippen LogP contribution < -0.4 is 16.0 Å². The molecule has 0 atom stereocenters. The van der Waals surface area contributed by atoms with Crippen molar-refractivity contribution in [1.29, 1.82) is 0 Å². The molecular weight excluding hydrogens is 308 g/mol. The summed E-state index contributed by atoms with van der Waals surface area (Å²) < 4.78 is 5.29. The maximum atomic E-state index is 11.8. The molecule has 1 aromatic rings. The first kappa shape index (κ1) is 18.2. The normalized spacial score (nSPS) is 14.9. The van der Waals surface area contributed by atoms with Crippen molar-refractivity contribution in [2.24, 2.45) is 0 Å². The second-order valence-corrected chi connectivity index (χ2v) is 5.74. The third-order valence-electron chi connectivity index (χ3n) is 3.74. The molecule has 3 N–H and O–H groups in total. The van der Waals surface area contributed by atoms with Gasteiger partial charge in [-0.2, -0.15) is 0 Å². The van der Waals surface area contributed by atoms with Crippen molar-refractivity contribution in [1.82, 2.24) is 10.2 Å². The second-order valence-electron chi connectivity index (χ2n) is 5.74. The van der Waals surface area contributed by atoms with Crippen molar-refractivity contribution >= 4 is 23.2 Å². The fourth-order valence-electron chi connectivity index (χ4n) is 2.46. The van der Waals surface area contributed by atoms with Gasteiger partial charge in [-0.25, -0.2) is 0 Å². The summed E-state index contributed by atoms with van der Waals surface area (Å²) in [5.41, 5.74) is 1.68. The number of amides is 2. The summed E-state index contributed by atoms with van der Waals surface area (Å²) in [7, 11) is 0. The van der Waals surface area contributed by atoms with Gasteiger partial charge in [0.15, 0.2) is 0 Å². The predicted molar refractivity (Wildman–Crippen MR) is 94.1 cm³/mol. The number of morpholine rings is 1. The average Bonchev–Trinajstić information content (AvgIpc) is 2.57. The minimum Gasteiger partial charge on any atom is -0.385 e. The Bertz CT molecular complexity index is 527. The van der Waals surface area contributed by atoms with Gasteiger partial charge in [0.1, 0.15) is 0 Å². The monoisotopic (exact) mass is 334 g/mol. The molecule has 1 saturated heterocycles.